The highest BCUT2D eigenvalue weighted by Gasteiger charge is 2.22. The molecule has 2 atom stereocenters. The van der Waals surface area contributed by atoms with Crippen LogP contribution in [0.4, 0.5) is 0 Å². The van der Waals surface area contributed by atoms with Gasteiger partial charge in [0, 0.05) is 27.5 Å². The number of rotatable bonds is 2. The van der Waals surface area contributed by atoms with Crippen molar-refractivity contribution >= 4 is 22.5 Å². The Labute approximate surface area is 129 Å². The first-order valence-electron chi connectivity index (χ1n) is 7.69. The molecule has 4 heteroatoms. The molecule has 1 saturated heterocycles. The summed E-state index contributed by atoms with van der Waals surface area (Å²) < 4.78 is 0. The van der Waals surface area contributed by atoms with Crippen LogP contribution in [0.2, 0.25) is 5.02 Å². The predicted molar refractivity (Wildman–Crippen MR) is 87.1 cm³/mol. The third-order valence-electron chi connectivity index (χ3n) is 4.57. The molecule has 1 aliphatic heterocycles. The number of aryl methyl sites for hydroxylation is 1. The van der Waals surface area contributed by atoms with Crippen LogP contribution < -0.4 is 10.3 Å². The van der Waals surface area contributed by atoms with E-state index in [1.807, 2.05) is 19.1 Å². The predicted octanol–water partition coefficient (Wildman–Crippen LogP) is 2.30. The Morgan fingerprint density at radius 3 is 3.00 bits per heavy atom. The molecular weight excluding hydrogens is 284 g/mol. The van der Waals surface area contributed by atoms with Crippen LogP contribution in [-0.4, -0.2) is 18.1 Å². The van der Waals surface area contributed by atoms with E-state index in [2.05, 4.69) is 11.9 Å². The van der Waals surface area contributed by atoms with E-state index in [0.29, 0.717) is 10.4 Å². The molecule has 0 radical (unpaired) electrons. The van der Waals surface area contributed by atoms with Gasteiger partial charge in [-0.3, -0.25) is 4.79 Å². The number of likely N-dealkylation sites (tertiary alicyclic amines) is 1. The molecule has 2 unspecified atom stereocenters. The van der Waals surface area contributed by atoms with Crippen LogP contribution in [0, 0.1) is 12.8 Å². The fourth-order valence-corrected chi connectivity index (χ4v) is 3.62. The van der Waals surface area contributed by atoms with Crippen LogP contribution in [-0.2, 0) is 6.54 Å². The zero-order chi connectivity index (χ0) is 15.0. The number of fused-ring (bicyclic) bond motifs is 1. The van der Waals surface area contributed by atoms with E-state index in [1.54, 1.807) is 6.07 Å². The van der Waals surface area contributed by atoms with Gasteiger partial charge in [-0.2, -0.15) is 0 Å². The van der Waals surface area contributed by atoms with Gasteiger partial charge in [-0.25, -0.2) is 0 Å². The van der Waals surface area contributed by atoms with Gasteiger partial charge >= 0.3 is 0 Å². The van der Waals surface area contributed by atoms with E-state index in [4.69, 9.17) is 11.6 Å². The minimum Gasteiger partial charge on any atom is -0.358 e. The lowest BCUT2D eigenvalue weighted by Gasteiger charge is -2.28. The number of quaternary nitrogens is 1. The minimum atomic E-state index is 0.134. The molecule has 0 saturated carbocycles. The van der Waals surface area contributed by atoms with E-state index in [0.717, 1.165) is 42.3 Å². The van der Waals surface area contributed by atoms with Crippen LogP contribution >= 0.6 is 11.6 Å². The molecular formula is C17H22ClN2O+. The SMILES string of the molecule is Cc1[nH]c2ccc(Cl)cc2c(=O)c1C[NH+]1CCCC(C)C1. The normalized spacial score (nSPS) is 22.6. The number of nitrogens with one attached hydrogen (secondary N) is 2. The van der Waals surface area contributed by atoms with Gasteiger partial charge < -0.3 is 9.88 Å². The molecule has 1 aromatic heterocycles. The number of hydrogen-bond donors (Lipinski definition) is 2. The van der Waals surface area contributed by atoms with E-state index in [1.165, 1.54) is 17.7 Å². The summed E-state index contributed by atoms with van der Waals surface area (Å²) in [7, 11) is 0. The number of piperidine rings is 1. The number of halogens is 1. The van der Waals surface area contributed by atoms with Crippen molar-refractivity contribution in [3.63, 3.8) is 0 Å². The van der Waals surface area contributed by atoms with Crippen molar-refractivity contribution in [1.29, 1.82) is 0 Å². The van der Waals surface area contributed by atoms with Gasteiger partial charge in [0.2, 0.25) is 0 Å². The Balaban J connectivity index is 2.00. The molecule has 0 aliphatic carbocycles. The smallest absolute Gasteiger partial charge is 0.198 e. The zero-order valence-electron chi connectivity index (χ0n) is 12.6. The summed E-state index contributed by atoms with van der Waals surface area (Å²) in [5, 5.41) is 1.31. The van der Waals surface area contributed by atoms with Gasteiger partial charge in [0.05, 0.1) is 18.7 Å². The standard InChI is InChI=1S/C17H21ClN2O/c1-11-4-3-7-20(9-11)10-15-12(2)19-16-6-5-13(18)8-14(16)17(15)21/h5-6,8,11H,3-4,7,9-10H2,1-2H3,(H,19,21)/p+1. The summed E-state index contributed by atoms with van der Waals surface area (Å²) in [5.74, 6) is 0.753. The van der Waals surface area contributed by atoms with Crippen LogP contribution in [0.5, 0.6) is 0 Å². The molecule has 1 aliphatic rings. The summed E-state index contributed by atoms with van der Waals surface area (Å²) in [6.07, 6.45) is 2.57. The van der Waals surface area contributed by atoms with E-state index in [-0.39, 0.29) is 5.43 Å². The van der Waals surface area contributed by atoms with Gasteiger partial charge in [-0.1, -0.05) is 18.5 Å². The summed E-state index contributed by atoms with van der Waals surface area (Å²) >= 11 is 6.04. The number of aromatic nitrogens is 1. The average molecular weight is 306 g/mol. The number of H-pyrrole nitrogens is 1. The van der Waals surface area contributed by atoms with Gasteiger partial charge in [0.1, 0.15) is 6.54 Å². The first-order valence-corrected chi connectivity index (χ1v) is 8.07. The first kappa shape index (κ1) is 14.6. The molecule has 1 fully saturated rings. The maximum Gasteiger partial charge on any atom is 0.198 e. The monoisotopic (exact) mass is 305 g/mol. The quantitative estimate of drug-likeness (QED) is 0.878. The first-order chi connectivity index (χ1) is 10.0. The van der Waals surface area contributed by atoms with Crippen molar-refractivity contribution in [3.8, 4) is 0 Å². The van der Waals surface area contributed by atoms with E-state index >= 15 is 0 Å². The Kier molecular flexibility index (Phi) is 4.05. The Morgan fingerprint density at radius 2 is 2.24 bits per heavy atom. The van der Waals surface area contributed by atoms with Gasteiger partial charge in [0.15, 0.2) is 5.43 Å². The lowest BCUT2D eigenvalue weighted by molar-refractivity contribution is -0.922. The van der Waals surface area contributed by atoms with E-state index < -0.39 is 0 Å². The largest absolute Gasteiger partial charge is 0.358 e. The molecule has 112 valence electrons. The molecule has 2 heterocycles. The molecule has 0 spiro atoms. The second kappa shape index (κ2) is 5.82. The van der Waals surface area contributed by atoms with Gasteiger partial charge in [0.25, 0.3) is 0 Å². The number of pyridine rings is 1. The molecule has 1 aromatic carbocycles. The maximum atomic E-state index is 12.8. The zero-order valence-corrected chi connectivity index (χ0v) is 13.4. The van der Waals surface area contributed by atoms with Crippen LogP contribution in [0.25, 0.3) is 10.9 Å². The molecule has 21 heavy (non-hydrogen) atoms. The summed E-state index contributed by atoms with van der Waals surface area (Å²) in [6.45, 7) is 7.44. The second-order valence-corrected chi connectivity index (χ2v) is 6.81. The molecule has 3 nitrogen and oxygen atoms in total. The minimum absolute atomic E-state index is 0.134. The Morgan fingerprint density at radius 1 is 1.43 bits per heavy atom. The highest BCUT2D eigenvalue weighted by molar-refractivity contribution is 6.31. The van der Waals surface area contributed by atoms with E-state index in [9.17, 15) is 4.79 Å². The lowest BCUT2D eigenvalue weighted by Crippen LogP contribution is -3.12. The van der Waals surface area contributed by atoms with Gasteiger partial charge in [-0.15, -0.1) is 0 Å². The van der Waals surface area contributed by atoms with Crippen LogP contribution in [0.15, 0.2) is 23.0 Å². The van der Waals surface area contributed by atoms with Crippen molar-refractivity contribution < 1.29 is 4.90 Å². The molecule has 0 bridgehead atoms. The Bertz CT molecular complexity index is 723. The van der Waals surface area contributed by atoms with Crippen molar-refractivity contribution in [2.24, 2.45) is 5.92 Å². The van der Waals surface area contributed by atoms with Crippen molar-refractivity contribution in [2.45, 2.75) is 33.2 Å². The number of hydrogen-bond acceptors (Lipinski definition) is 1. The van der Waals surface area contributed by atoms with Crippen LogP contribution in [0.1, 0.15) is 31.0 Å². The summed E-state index contributed by atoms with van der Waals surface area (Å²) in [5.41, 5.74) is 2.90. The highest BCUT2D eigenvalue weighted by Crippen LogP contribution is 2.16. The molecule has 2 aromatic rings. The number of aromatic amines is 1. The van der Waals surface area contributed by atoms with Crippen molar-refractivity contribution in [3.05, 3.63) is 44.7 Å². The Hall–Kier alpha value is -1.32. The third-order valence-corrected chi connectivity index (χ3v) is 4.80. The topological polar surface area (TPSA) is 37.3 Å². The second-order valence-electron chi connectivity index (χ2n) is 6.38. The maximum absolute atomic E-state index is 12.8. The molecule has 2 N–H and O–H groups in total. The molecule has 3 rings (SSSR count). The average Bonchev–Trinajstić information content (AvgIpc) is 2.45. The third kappa shape index (κ3) is 2.99. The van der Waals surface area contributed by atoms with Crippen molar-refractivity contribution in [2.75, 3.05) is 13.1 Å². The summed E-state index contributed by atoms with van der Waals surface area (Å²) in [6, 6.07) is 5.47. The van der Waals surface area contributed by atoms with Gasteiger partial charge in [-0.05, 0) is 38.0 Å². The summed E-state index contributed by atoms with van der Waals surface area (Å²) in [4.78, 5) is 17.6. The molecule has 0 amide bonds. The number of benzene rings is 1. The van der Waals surface area contributed by atoms with Crippen LogP contribution in [0.3, 0.4) is 0 Å². The van der Waals surface area contributed by atoms with Crippen molar-refractivity contribution in [1.82, 2.24) is 4.98 Å². The lowest BCUT2D eigenvalue weighted by atomic mass is 9.99. The highest BCUT2D eigenvalue weighted by atomic mass is 35.5. The fourth-order valence-electron chi connectivity index (χ4n) is 3.44. The fraction of sp³-hybridized carbons (Fsp3) is 0.471.